The molecule has 3 aromatic carbocycles. The van der Waals surface area contributed by atoms with Gasteiger partial charge in [0, 0.05) is 31.5 Å². The molecule has 0 aliphatic rings. The average Bonchev–Trinajstić information content (AvgIpc) is 2.86. The highest BCUT2D eigenvalue weighted by atomic mass is 32.2. The highest BCUT2D eigenvalue weighted by molar-refractivity contribution is 7.90. The van der Waals surface area contributed by atoms with Crippen molar-refractivity contribution >= 4 is 9.84 Å². The van der Waals surface area contributed by atoms with E-state index in [1.807, 2.05) is 42.2 Å². The van der Waals surface area contributed by atoms with E-state index in [1.54, 1.807) is 6.07 Å². The molecule has 0 aromatic heterocycles. The van der Waals surface area contributed by atoms with Crippen molar-refractivity contribution in [2.24, 2.45) is 0 Å². The van der Waals surface area contributed by atoms with Crippen LogP contribution < -0.4 is 4.74 Å². The third-order valence-corrected chi connectivity index (χ3v) is 7.35. The van der Waals surface area contributed by atoms with E-state index in [1.165, 1.54) is 24.3 Å². The Hall–Kier alpha value is -2.95. The fourth-order valence-electron chi connectivity index (χ4n) is 4.25. The number of hydrogen-bond donors (Lipinski definition) is 1. The summed E-state index contributed by atoms with van der Waals surface area (Å²) in [6.07, 6.45) is -3.28. The van der Waals surface area contributed by atoms with E-state index >= 15 is 0 Å². The van der Waals surface area contributed by atoms with Crippen molar-refractivity contribution in [3.05, 3.63) is 94.8 Å². The Kier molecular flexibility index (Phi) is 9.92. The lowest BCUT2D eigenvalue weighted by Crippen LogP contribution is -2.30. The second kappa shape index (κ2) is 12.7. The molecule has 5 nitrogen and oxygen atoms in total. The number of aliphatic hydroxyl groups is 1. The Bertz CT molecular complexity index is 1310. The van der Waals surface area contributed by atoms with Crippen molar-refractivity contribution < 1.29 is 35.8 Å². The highest BCUT2D eigenvalue weighted by Gasteiger charge is 2.35. The molecule has 1 N–H and O–H groups in total. The zero-order chi connectivity index (χ0) is 27.9. The lowest BCUT2D eigenvalue weighted by atomic mass is 10.00. The number of ether oxygens (including phenoxy) is 1. The van der Waals surface area contributed by atoms with Gasteiger partial charge in [-0.3, -0.25) is 4.90 Å². The van der Waals surface area contributed by atoms with Gasteiger partial charge in [-0.05, 0) is 41.7 Å². The second-order valence-corrected chi connectivity index (χ2v) is 11.2. The van der Waals surface area contributed by atoms with Crippen LogP contribution in [0.2, 0.25) is 0 Å². The van der Waals surface area contributed by atoms with Gasteiger partial charge in [0.25, 0.3) is 0 Å². The summed E-state index contributed by atoms with van der Waals surface area (Å²) in [6, 6.07) is 17.3. The van der Waals surface area contributed by atoms with Gasteiger partial charge in [-0.2, -0.15) is 13.2 Å². The van der Waals surface area contributed by atoms with Crippen LogP contribution in [-0.4, -0.2) is 44.4 Å². The van der Waals surface area contributed by atoms with Crippen molar-refractivity contribution in [1.29, 1.82) is 0 Å². The average molecular weight is 554 g/mol. The van der Waals surface area contributed by atoms with E-state index in [9.17, 15) is 31.1 Å². The molecule has 0 heterocycles. The first kappa shape index (κ1) is 29.6. The number of aliphatic hydroxyl groups excluding tert-OH is 1. The number of alkyl halides is 3. The first-order chi connectivity index (χ1) is 17.9. The normalized spacial score (nSPS) is 13.1. The molecule has 10 heteroatoms. The molecule has 1 atom stereocenters. The fourth-order valence-corrected chi connectivity index (χ4v) is 5.19. The van der Waals surface area contributed by atoms with Crippen LogP contribution in [0.25, 0.3) is 0 Å². The molecule has 38 heavy (non-hydrogen) atoms. The molecule has 0 amide bonds. The molecule has 1 unspecified atom stereocenters. The lowest BCUT2D eigenvalue weighted by molar-refractivity contribution is -0.140. The minimum atomic E-state index is -4.79. The van der Waals surface area contributed by atoms with Crippen LogP contribution in [0.4, 0.5) is 17.6 Å². The lowest BCUT2D eigenvalue weighted by Gasteiger charge is -2.27. The van der Waals surface area contributed by atoms with Gasteiger partial charge in [-0.15, -0.1) is 0 Å². The second-order valence-electron chi connectivity index (χ2n) is 9.23. The molecule has 0 aliphatic carbocycles. The van der Waals surface area contributed by atoms with Gasteiger partial charge in [-0.1, -0.05) is 55.5 Å². The molecule has 0 fully saturated rings. The van der Waals surface area contributed by atoms with Crippen molar-refractivity contribution in [3.8, 4) is 5.75 Å². The minimum absolute atomic E-state index is 0.0175. The summed E-state index contributed by atoms with van der Waals surface area (Å²) in [6.45, 7) is 2.63. The molecule has 0 radical (unpaired) electrons. The van der Waals surface area contributed by atoms with Crippen LogP contribution in [0.3, 0.4) is 0 Å². The predicted octanol–water partition coefficient (Wildman–Crippen LogP) is 5.82. The molecule has 0 bridgehead atoms. The zero-order valence-corrected chi connectivity index (χ0v) is 22.0. The van der Waals surface area contributed by atoms with Crippen LogP contribution in [-0.2, 0) is 29.2 Å². The minimum Gasteiger partial charge on any atom is -0.494 e. The van der Waals surface area contributed by atoms with E-state index in [0.717, 1.165) is 17.9 Å². The summed E-state index contributed by atoms with van der Waals surface area (Å²) in [5.74, 6) is -0.920. The van der Waals surface area contributed by atoms with Crippen molar-refractivity contribution in [2.45, 2.75) is 43.5 Å². The zero-order valence-electron chi connectivity index (χ0n) is 21.2. The predicted molar refractivity (Wildman–Crippen MR) is 137 cm³/mol. The summed E-state index contributed by atoms with van der Waals surface area (Å²) in [5, 5.41) is 9.40. The number of benzene rings is 3. The van der Waals surface area contributed by atoms with Crippen LogP contribution in [0.15, 0.2) is 71.6 Å². The summed E-state index contributed by atoms with van der Waals surface area (Å²) in [7, 11) is -3.57. The Morgan fingerprint density at radius 2 is 1.71 bits per heavy atom. The van der Waals surface area contributed by atoms with Gasteiger partial charge in [0.05, 0.1) is 23.7 Å². The van der Waals surface area contributed by atoms with Crippen LogP contribution >= 0.6 is 0 Å². The van der Waals surface area contributed by atoms with Crippen molar-refractivity contribution in [3.63, 3.8) is 0 Å². The topological polar surface area (TPSA) is 66.8 Å². The van der Waals surface area contributed by atoms with Gasteiger partial charge < -0.3 is 9.84 Å². The third kappa shape index (κ3) is 8.02. The van der Waals surface area contributed by atoms with Gasteiger partial charge >= 0.3 is 6.18 Å². The van der Waals surface area contributed by atoms with E-state index in [-0.39, 0.29) is 35.1 Å². The molecular weight excluding hydrogens is 522 g/mol. The molecule has 0 spiro atoms. The van der Waals surface area contributed by atoms with Gasteiger partial charge in [0.1, 0.15) is 11.6 Å². The molecule has 3 aromatic rings. The van der Waals surface area contributed by atoms with E-state index in [2.05, 4.69) is 0 Å². The van der Waals surface area contributed by atoms with Gasteiger partial charge in [0.15, 0.2) is 9.84 Å². The number of sulfone groups is 1. The maximum atomic E-state index is 14.8. The van der Waals surface area contributed by atoms with Gasteiger partial charge in [0.2, 0.25) is 0 Å². The Morgan fingerprint density at radius 3 is 2.34 bits per heavy atom. The Morgan fingerprint density at radius 1 is 1.00 bits per heavy atom. The van der Waals surface area contributed by atoms with E-state index in [0.29, 0.717) is 25.3 Å². The van der Waals surface area contributed by atoms with E-state index < -0.39 is 34.0 Å². The number of hydrogen-bond acceptors (Lipinski definition) is 5. The largest absolute Gasteiger partial charge is 0.494 e. The fraction of sp³-hybridized carbons (Fsp3) is 0.357. The molecule has 0 saturated carbocycles. The summed E-state index contributed by atoms with van der Waals surface area (Å²) < 4.78 is 84.2. The summed E-state index contributed by atoms with van der Waals surface area (Å²) >= 11 is 0. The maximum Gasteiger partial charge on any atom is 0.419 e. The smallest absolute Gasteiger partial charge is 0.419 e. The Balaban J connectivity index is 1.72. The first-order valence-electron chi connectivity index (χ1n) is 12.1. The number of nitrogens with zero attached hydrogens (tertiary/aromatic N) is 1. The van der Waals surface area contributed by atoms with Crippen molar-refractivity contribution in [1.82, 2.24) is 4.90 Å². The molecule has 206 valence electrons. The number of halogens is 4. The maximum absolute atomic E-state index is 14.8. The summed E-state index contributed by atoms with van der Waals surface area (Å²) in [5.41, 5.74) is -0.0135. The highest BCUT2D eigenvalue weighted by Crippen LogP contribution is 2.33. The quantitative estimate of drug-likeness (QED) is 0.226. The molecule has 0 saturated heterocycles. The molecule has 0 aliphatic heterocycles. The Labute approximate surface area is 220 Å². The molecule has 3 rings (SSSR count). The molecular formula is C28H31F4NO4S. The van der Waals surface area contributed by atoms with Crippen LogP contribution in [0, 0.1) is 5.82 Å². The van der Waals surface area contributed by atoms with E-state index in [4.69, 9.17) is 4.74 Å². The summed E-state index contributed by atoms with van der Waals surface area (Å²) in [4.78, 5) is 1.87. The third-order valence-electron chi connectivity index (χ3n) is 6.17. The first-order valence-corrected chi connectivity index (χ1v) is 14.0. The SMILES string of the molecule is CC(CN(CCCOc1ccc(CO)c(S(C)(=O)=O)c1)Cc1cccc(C(F)(F)F)c1F)c1ccccc1. The number of rotatable bonds is 12. The monoisotopic (exact) mass is 553 g/mol. The van der Waals surface area contributed by atoms with Gasteiger partial charge in [-0.25, -0.2) is 12.8 Å². The standard InChI is InChI=1S/C28H31F4NO4S/c1-20(21-8-4-3-5-9-21)17-33(18-22-10-6-11-25(27(22)29)28(30,31)32)14-7-15-37-24-13-12-23(19-34)26(16-24)38(2,35)36/h3-6,8-13,16,20,34H,7,14-15,17-19H2,1-2H3. The van der Waals surface area contributed by atoms with Crippen molar-refractivity contribution in [2.75, 3.05) is 26.0 Å². The van der Waals surface area contributed by atoms with Crippen LogP contribution in [0.1, 0.15) is 41.5 Å². The van der Waals surface area contributed by atoms with Crippen LogP contribution in [0.5, 0.6) is 5.75 Å².